The van der Waals surface area contributed by atoms with E-state index in [0.29, 0.717) is 11.5 Å². The van der Waals surface area contributed by atoms with Gasteiger partial charge in [0.05, 0.1) is 0 Å². The third-order valence-corrected chi connectivity index (χ3v) is 5.45. The molecule has 0 amide bonds. The smallest absolute Gasteiger partial charge is 0.0106 e. The molecule has 1 aliphatic rings. The summed E-state index contributed by atoms with van der Waals surface area (Å²) in [6.45, 7) is 10.6. The van der Waals surface area contributed by atoms with E-state index in [9.17, 15) is 0 Å². The van der Waals surface area contributed by atoms with E-state index in [-0.39, 0.29) is 0 Å². The van der Waals surface area contributed by atoms with Crippen molar-refractivity contribution < 1.29 is 0 Å². The van der Waals surface area contributed by atoms with Gasteiger partial charge in [-0.15, -0.1) is 0 Å². The molecule has 1 aliphatic carbocycles. The van der Waals surface area contributed by atoms with Gasteiger partial charge >= 0.3 is 0 Å². The summed E-state index contributed by atoms with van der Waals surface area (Å²) in [4.78, 5) is 0. The van der Waals surface area contributed by atoms with Crippen LogP contribution in [0.5, 0.6) is 0 Å². The molecule has 1 heterocycles. The lowest BCUT2D eigenvalue weighted by molar-refractivity contribution is 0.147. The third-order valence-electron chi connectivity index (χ3n) is 4.77. The van der Waals surface area contributed by atoms with Crippen molar-refractivity contribution in [1.29, 1.82) is 0 Å². The molecule has 1 aromatic rings. The van der Waals surface area contributed by atoms with E-state index in [4.69, 9.17) is 0 Å². The third kappa shape index (κ3) is 2.80. The molecule has 0 bridgehead atoms. The second-order valence-electron chi connectivity index (χ2n) is 6.42. The minimum atomic E-state index is 0.299. The molecule has 18 heavy (non-hydrogen) atoms. The number of hydrogen-bond donors (Lipinski definition) is 1. The highest BCUT2D eigenvalue weighted by Gasteiger charge is 2.39. The highest BCUT2D eigenvalue weighted by atomic mass is 32.1. The minimum Gasteiger partial charge on any atom is -0.314 e. The zero-order valence-electron chi connectivity index (χ0n) is 12.2. The topological polar surface area (TPSA) is 12.0 Å². The van der Waals surface area contributed by atoms with Crippen LogP contribution in [-0.4, -0.2) is 12.6 Å². The Kier molecular flexibility index (Phi) is 4.50. The van der Waals surface area contributed by atoms with Crippen molar-refractivity contribution in [2.45, 2.75) is 58.4 Å². The molecule has 0 radical (unpaired) electrons. The summed E-state index contributed by atoms with van der Waals surface area (Å²) >= 11 is 1.83. The number of rotatable bonds is 4. The number of hydrogen-bond acceptors (Lipinski definition) is 2. The summed E-state index contributed by atoms with van der Waals surface area (Å²) in [7, 11) is 0. The van der Waals surface area contributed by atoms with Crippen LogP contribution >= 0.6 is 11.3 Å². The molecule has 102 valence electrons. The van der Waals surface area contributed by atoms with Crippen molar-refractivity contribution in [3.05, 3.63) is 22.4 Å². The average molecular weight is 265 g/mol. The summed E-state index contributed by atoms with van der Waals surface area (Å²) < 4.78 is 0. The molecule has 1 nitrogen and oxygen atoms in total. The van der Waals surface area contributed by atoms with Crippen LogP contribution in [0.15, 0.2) is 16.8 Å². The van der Waals surface area contributed by atoms with Gasteiger partial charge in [-0.1, -0.05) is 34.1 Å². The second kappa shape index (κ2) is 5.75. The van der Waals surface area contributed by atoms with Crippen LogP contribution in [0.3, 0.4) is 0 Å². The highest BCUT2D eigenvalue weighted by molar-refractivity contribution is 7.08. The first-order chi connectivity index (χ1) is 8.55. The van der Waals surface area contributed by atoms with E-state index in [1.165, 1.54) is 24.8 Å². The Morgan fingerprint density at radius 2 is 2.17 bits per heavy atom. The highest BCUT2D eigenvalue weighted by Crippen LogP contribution is 2.42. The Morgan fingerprint density at radius 1 is 1.39 bits per heavy atom. The van der Waals surface area contributed by atoms with Gasteiger partial charge in [0, 0.05) is 6.04 Å². The van der Waals surface area contributed by atoms with Gasteiger partial charge in [0.25, 0.3) is 0 Å². The summed E-state index contributed by atoms with van der Waals surface area (Å²) in [5.74, 6) is 1.65. The van der Waals surface area contributed by atoms with Gasteiger partial charge < -0.3 is 5.32 Å². The molecule has 1 N–H and O–H groups in total. The monoisotopic (exact) mass is 265 g/mol. The lowest BCUT2D eigenvalue weighted by Gasteiger charge is -2.44. The van der Waals surface area contributed by atoms with E-state index >= 15 is 0 Å². The van der Waals surface area contributed by atoms with Crippen molar-refractivity contribution in [2.24, 2.45) is 11.8 Å². The van der Waals surface area contributed by atoms with Crippen LogP contribution in [0.2, 0.25) is 0 Å². The summed E-state index contributed by atoms with van der Waals surface area (Å²) in [5, 5.41) is 8.28. The van der Waals surface area contributed by atoms with Gasteiger partial charge in [0.1, 0.15) is 0 Å². The molecule has 1 saturated carbocycles. The van der Waals surface area contributed by atoms with Crippen LogP contribution in [-0.2, 0) is 5.41 Å². The first-order valence-electron chi connectivity index (χ1n) is 7.31. The molecule has 2 rings (SSSR count). The van der Waals surface area contributed by atoms with Crippen molar-refractivity contribution >= 4 is 11.3 Å². The maximum atomic E-state index is 3.74. The molecular weight excluding hydrogens is 238 g/mol. The zero-order chi connectivity index (χ0) is 13.2. The van der Waals surface area contributed by atoms with Gasteiger partial charge in [-0.25, -0.2) is 0 Å². The second-order valence-corrected chi connectivity index (χ2v) is 7.20. The molecule has 0 saturated heterocycles. The summed E-state index contributed by atoms with van der Waals surface area (Å²) in [5.41, 5.74) is 1.82. The molecule has 3 atom stereocenters. The van der Waals surface area contributed by atoms with Crippen LogP contribution < -0.4 is 5.32 Å². The number of thiophene rings is 1. The fourth-order valence-corrected chi connectivity index (χ4v) is 4.41. The molecular formula is C16H27NS. The van der Waals surface area contributed by atoms with E-state index in [1.54, 1.807) is 0 Å². The Hall–Kier alpha value is -0.340. The molecule has 1 aromatic heterocycles. The normalized spacial score (nSPS) is 29.4. The van der Waals surface area contributed by atoms with Gasteiger partial charge in [-0.05, 0) is 59.0 Å². The first-order valence-corrected chi connectivity index (χ1v) is 8.26. The molecule has 3 unspecified atom stereocenters. The van der Waals surface area contributed by atoms with E-state index < -0.39 is 0 Å². The largest absolute Gasteiger partial charge is 0.314 e. The van der Waals surface area contributed by atoms with Crippen molar-refractivity contribution in [2.75, 3.05) is 6.54 Å². The van der Waals surface area contributed by atoms with Crippen LogP contribution in [0.25, 0.3) is 0 Å². The molecule has 0 spiro atoms. The minimum absolute atomic E-state index is 0.299. The van der Waals surface area contributed by atoms with Gasteiger partial charge in [0.2, 0.25) is 0 Å². The molecule has 0 aromatic carbocycles. The molecule has 0 aliphatic heterocycles. The Bertz CT molecular complexity index is 355. The predicted octanol–water partition coefficient (Wildman–Crippen LogP) is 4.44. The molecule has 1 fully saturated rings. The standard InChI is InChI=1S/C16H27NS/c1-5-17-15-10-12(2)6-7-14(15)16(3,4)13-8-9-18-11-13/h8-9,11-12,14-15,17H,5-7,10H2,1-4H3. The fraction of sp³-hybridized carbons (Fsp3) is 0.750. The predicted molar refractivity (Wildman–Crippen MR) is 81.3 cm³/mol. The SMILES string of the molecule is CCNC1CC(C)CCC1C(C)(C)c1ccsc1. The Morgan fingerprint density at radius 3 is 2.78 bits per heavy atom. The van der Waals surface area contributed by atoms with Gasteiger partial charge in [-0.2, -0.15) is 11.3 Å². The van der Waals surface area contributed by atoms with E-state index in [2.05, 4.69) is 49.8 Å². The fourth-order valence-electron chi connectivity index (χ4n) is 3.58. The van der Waals surface area contributed by atoms with Crippen molar-refractivity contribution in [1.82, 2.24) is 5.32 Å². The van der Waals surface area contributed by atoms with Crippen molar-refractivity contribution in [3.8, 4) is 0 Å². The maximum Gasteiger partial charge on any atom is 0.0106 e. The lowest BCUT2D eigenvalue weighted by atomic mass is 9.64. The summed E-state index contributed by atoms with van der Waals surface area (Å²) in [6.07, 6.45) is 4.09. The molecule has 2 heteroatoms. The van der Waals surface area contributed by atoms with Crippen LogP contribution in [0.4, 0.5) is 0 Å². The van der Waals surface area contributed by atoms with E-state index in [0.717, 1.165) is 18.4 Å². The van der Waals surface area contributed by atoms with E-state index in [1.807, 2.05) is 11.3 Å². The van der Waals surface area contributed by atoms with Crippen LogP contribution in [0, 0.1) is 11.8 Å². The lowest BCUT2D eigenvalue weighted by Crippen LogP contribution is -2.48. The Balaban J connectivity index is 2.18. The summed E-state index contributed by atoms with van der Waals surface area (Å²) in [6, 6.07) is 3.00. The van der Waals surface area contributed by atoms with Crippen LogP contribution in [0.1, 0.15) is 52.5 Å². The van der Waals surface area contributed by atoms with Gasteiger partial charge in [0.15, 0.2) is 0 Å². The maximum absolute atomic E-state index is 3.74. The average Bonchev–Trinajstić information content (AvgIpc) is 2.83. The Labute approximate surface area is 116 Å². The zero-order valence-corrected chi connectivity index (χ0v) is 13.0. The number of nitrogens with one attached hydrogen (secondary N) is 1. The first kappa shape index (κ1) is 14.1. The van der Waals surface area contributed by atoms with Crippen molar-refractivity contribution in [3.63, 3.8) is 0 Å². The van der Waals surface area contributed by atoms with Gasteiger partial charge in [-0.3, -0.25) is 0 Å². The quantitative estimate of drug-likeness (QED) is 0.848.